The SMILES string of the molecule is CN(C)C1C(=O)C(C(N)=O)C(=O)C2(O)C(=O)C3C(=O)c4c(O)c(CS(C)=O)cc(I)c4CC3CC12. The van der Waals surface area contributed by atoms with E-state index in [1.807, 2.05) is 22.6 Å². The van der Waals surface area contributed by atoms with Crippen molar-refractivity contribution in [2.24, 2.45) is 29.4 Å². The zero-order valence-electron chi connectivity index (χ0n) is 19.2. The lowest BCUT2D eigenvalue weighted by Gasteiger charge is -2.52. The molecule has 4 rings (SSSR count). The Bertz CT molecular complexity index is 1230. The summed E-state index contributed by atoms with van der Waals surface area (Å²) in [6.45, 7) is 0. The number of hydrogen-bond acceptors (Lipinski definition) is 9. The van der Waals surface area contributed by atoms with E-state index >= 15 is 0 Å². The summed E-state index contributed by atoms with van der Waals surface area (Å²) in [7, 11) is 1.77. The molecule has 12 heteroatoms. The van der Waals surface area contributed by atoms with E-state index in [2.05, 4.69) is 0 Å². The van der Waals surface area contributed by atoms with Gasteiger partial charge >= 0.3 is 0 Å². The van der Waals surface area contributed by atoms with Crippen LogP contribution in [0.25, 0.3) is 0 Å². The summed E-state index contributed by atoms with van der Waals surface area (Å²) in [5.74, 6) is -10.8. The van der Waals surface area contributed by atoms with Gasteiger partial charge in [0.05, 0.1) is 23.3 Å². The number of aromatic hydroxyl groups is 1. The van der Waals surface area contributed by atoms with Crippen molar-refractivity contribution in [1.29, 1.82) is 0 Å². The number of rotatable bonds is 4. The van der Waals surface area contributed by atoms with Gasteiger partial charge in [-0.1, -0.05) is 0 Å². The van der Waals surface area contributed by atoms with Gasteiger partial charge in [0, 0.05) is 32.1 Å². The van der Waals surface area contributed by atoms with Crippen LogP contribution in [-0.4, -0.2) is 80.4 Å². The molecule has 0 aliphatic heterocycles. The fourth-order valence-electron chi connectivity index (χ4n) is 6.01. The number of ketones is 4. The number of fused-ring (bicyclic) bond motifs is 3. The summed E-state index contributed by atoms with van der Waals surface area (Å²) in [6, 6.07) is 0.518. The van der Waals surface area contributed by atoms with Gasteiger partial charge in [-0.2, -0.15) is 0 Å². The van der Waals surface area contributed by atoms with Crippen molar-refractivity contribution in [3.63, 3.8) is 0 Å². The molecule has 10 nitrogen and oxygen atoms in total. The Morgan fingerprint density at radius 1 is 1.26 bits per heavy atom. The highest BCUT2D eigenvalue weighted by Crippen LogP contribution is 2.51. The molecular formula is C23H25IN2O8S. The number of amides is 1. The number of carbonyl (C=O) groups excluding carboxylic acids is 5. The topological polar surface area (TPSA) is 172 Å². The van der Waals surface area contributed by atoms with Gasteiger partial charge < -0.3 is 15.9 Å². The van der Waals surface area contributed by atoms with Crippen LogP contribution in [0.2, 0.25) is 0 Å². The molecule has 1 aromatic rings. The first-order valence-electron chi connectivity index (χ1n) is 10.9. The second-order valence-corrected chi connectivity index (χ2v) is 12.3. The zero-order chi connectivity index (χ0) is 26.1. The number of nitrogens with two attached hydrogens (primary N) is 1. The number of nitrogens with zero attached hydrogens (tertiary/aromatic N) is 1. The summed E-state index contributed by atoms with van der Waals surface area (Å²) in [5.41, 5.74) is 3.30. The summed E-state index contributed by atoms with van der Waals surface area (Å²) >= 11 is 2.02. The number of carbonyl (C=O) groups is 5. The van der Waals surface area contributed by atoms with Crippen LogP contribution >= 0.6 is 22.6 Å². The van der Waals surface area contributed by atoms with Gasteiger partial charge in [-0.3, -0.25) is 33.1 Å². The molecule has 4 N–H and O–H groups in total. The van der Waals surface area contributed by atoms with Gasteiger partial charge in [-0.05, 0) is 67.1 Å². The number of aliphatic hydroxyl groups is 1. The summed E-state index contributed by atoms with van der Waals surface area (Å²) < 4.78 is 12.4. The van der Waals surface area contributed by atoms with E-state index < -0.39 is 75.2 Å². The van der Waals surface area contributed by atoms with Gasteiger partial charge in [0.1, 0.15) is 5.75 Å². The van der Waals surface area contributed by atoms with Crippen LogP contribution in [0.3, 0.4) is 0 Å². The van der Waals surface area contributed by atoms with Gasteiger partial charge in [0.25, 0.3) is 0 Å². The van der Waals surface area contributed by atoms with Crippen LogP contribution in [-0.2, 0) is 42.2 Å². The molecule has 0 radical (unpaired) electrons. The van der Waals surface area contributed by atoms with Gasteiger partial charge in [0.15, 0.2) is 34.7 Å². The minimum atomic E-state index is -2.75. The third kappa shape index (κ3) is 3.71. The third-order valence-corrected chi connectivity index (χ3v) is 9.12. The van der Waals surface area contributed by atoms with Crippen LogP contribution in [0.5, 0.6) is 5.75 Å². The lowest BCUT2D eigenvalue weighted by molar-refractivity contribution is -0.181. The lowest BCUT2D eigenvalue weighted by Crippen LogP contribution is -2.74. The molecular weight excluding hydrogens is 591 g/mol. The van der Waals surface area contributed by atoms with Crippen molar-refractivity contribution in [2.75, 3.05) is 20.4 Å². The Hall–Kier alpha value is -2.03. The Labute approximate surface area is 217 Å². The van der Waals surface area contributed by atoms with E-state index in [4.69, 9.17) is 5.73 Å². The first-order chi connectivity index (χ1) is 16.2. The number of halogens is 1. The molecule has 188 valence electrons. The maximum atomic E-state index is 13.7. The van der Waals surface area contributed by atoms with Crippen molar-refractivity contribution >= 4 is 62.4 Å². The van der Waals surface area contributed by atoms with Gasteiger partial charge in [-0.15, -0.1) is 0 Å². The minimum Gasteiger partial charge on any atom is -0.507 e. The van der Waals surface area contributed by atoms with Crippen LogP contribution in [0.4, 0.5) is 0 Å². The first kappa shape index (κ1) is 26.0. The highest BCUT2D eigenvalue weighted by atomic mass is 127. The summed E-state index contributed by atoms with van der Waals surface area (Å²) in [6.07, 6.45) is 1.66. The maximum Gasteiger partial charge on any atom is 0.235 e. The standard InChI is InChI=1S/C23H25IN2O8S/c1-26(2)16-11-5-8-4-10-12(24)6-9(7-35(3)34)17(27)14(10)18(28)13(8)20(30)23(11,33)21(31)15(19(16)29)22(25)32/h6,8,11,13,15-16,27,33H,4-5,7H2,1-3H3,(H2,25,32). The van der Waals surface area contributed by atoms with E-state index in [0.29, 0.717) is 14.7 Å². The molecule has 1 amide bonds. The molecule has 0 spiro atoms. The Kier molecular flexibility index (Phi) is 6.56. The second-order valence-electron chi connectivity index (χ2n) is 9.73. The predicted molar refractivity (Wildman–Crippen MR) is 132 cm³/mol. The predicted octanol–water partition coefficient (Wildman–Crippen LogP) is -0.650. The number of benzene rings is 1. The molecule has 3 aliphatic carbocycles. The Morgan fingerprint density at radius 3 is 2.43 bits per heavy atom. The van der Waals surface area contributed by atoms with Gasteiger partial charge in [-0.25, -0.2) is 0 Å². The van der Waals surface area contributed by atoms with E-state index in [9.17, 15) is 38.4 Å². The molecule has 7 unspecified atom stereocenters. The van der Waals surface area contributed by atoms with Crippen molar-refractivity contribution in [2.45, 2.75) is 30.2 Å². The van der Waals surface area contributed by atoms with Crippen LogP contribution in [0, 0.1) is 27.2 Å². The second kappa shape index (κ2) is 8.82. The highest BCUT2D eigenvalue weighted by Gasteiger charge is 2.69. The Morgan fingerprint density at radius 2 is 1.89 bits per heavy atom. The number of phenolic OH excluding ortho intramolecular Hbond substituents is 1. The number of Topliss-reactive ketones (excluding diaryl/α,β-unsaturated/α-hetero) is 4. The van der Waals surface area contributed by atoms with E-state index in [1.165, 1.54) is 25.3 Å². The molecule has 35 heavy (non-hydrogen) atoms. The van der Waals surface area contributed by atoms with E-state index in [1.54, 1.807) is 6.07 Å². The minimum absolute atomic E-state index is 0.00145. The van der Waals surface area contributed by atoms with Crippen LogP contribution in [0.15, 0.2) is 6.07 Å². The average molecular weight is 616 g/mol. The molecule has 2 saturated carbocycles. The molecule has 0 heterocycles. The van der Waals surface area contributed by atoms with Crippen molar-refractivity contribution in [3.05, 3.63) is 26.3 Å². The molecule has 3 aliphatic rings. The number of hydrogen-bond donors (Lipinski definition) is 3. The van der Waals surface area contributed by atoms with Crippen LogP contribution in [0.1, 0.15) is 27.9 Å². The molecule has 1 aromatic carbocycles. The zero-order valence-corrected chi connectivity index (χ0v) is 22.2. The molecule has 0 aromatic heterocycles. The van der Waals surface area contributed by atoms with Crippen LogP contribution < -0.4 is 5.73 Å². The third-order valence-electron chi connectivity index (χ3n) is 7.44. The largest absolute Gasteiger partial charge is 0.507 e. The molecule has 0 bridgehead atoms. The fourth-order valence-corrected chi connectivity index (χ4v) is 7.53. The summed E-state index contributed by atoms with van der Waals surface area (Å²) in [4.78, 5) is 67.1. The number of likely N-dealkylation sites (N-methyl/N-ethyl adjacent to an activating group) is 1. The van der Waals surface area contributed by atoms with Crippen molar-refractivity contribution in [1.82, 2.24) is 4.90 Å². The number of primary amides is 1. The smallest absolute Gasteiger partial charge is 0.235 e. The van der Waals surface area contributed by atoms with E-state index in [0.717, 1.165) is 0 Å². The summed E-state index contributed by atoms with van der Waals surface area (Å²) in [5, 5.41) is 22.4. The van der Waals surface area contributed by atoms with Crippen molar-refractivity contribution < 1.29 is 38.4 Å². The maximum absolute atomic E-state index is 13.7. The van der Waals surface area contributed by atoms with E-state index in [-0.39, 0.29) is 29.9 Å². The lowest BCUT2D eigenvalue weighted by atomic mass is 9.52. The fraction of sp³-hybridized carbons (Fsp3) is 0.522. The van der Waals surface area contributed by atoms with Gasteiger partial charge in [0.2, 0.25) is 5.91 Å². The average Bonchev–Trinajstić information content (AvgIpc) is 2.73. The normalized spacial score (nSPS) is 33.3. The van der Waals surface area contributed by atoms with Crippen molar-refractivity contribution in [3.8, 4) is 5.75 Å². The highest BCUT2D eigenvalue weighted by molar-refractivity contribution is 14.1. The Balaban J connectivity index is 1.87. The first-order valence-corrected chi connectivity index (χ1v) is 13.7. The monoisotopic (exact) mass is 616 g/mol. The quantitative estimate of drug-likeness (QED) is 0.294. The molecule has 0 saturated heterocycles. The molecule has 7 atom stereocenters. The molecule has 2 fully saturated rings. The number of phenols is 1.